The summed E-state index contributed by atoms with van der Waals surface area (Å²) in [5.41, 5.74) is 0.802. The topological polar surface area (TPSA) is 105 Å². The van der Waals surface area contributed by atoms with Crippen molar-refractivity contribution in [3.8, 4) is 23.0 Å². The van der Waals surface area contributed by atoms with Gasteiger partial charge in [0.1, 0.15) is 34.7 Å². The number of ether oxygens (including phenoxy) is 4. The second-order valence-corrected chi connectivity index (χ2v) is 6.38. The molecule has 0 unspecified atom stereocenters. The van der Waals surface area contributed by atoms with Crippen molar-refractivity contribution in [3.63, 3.8) is 0 Å². The van der Waals surface area contributed by atoms with Crippen LogP contribution in [-0.4, -0.2) is 23.7 Å². The predicted octanol–water partition coefficient (Wildman–Crippen LogP) is 3.17. The molecule has 8 heteroatoms. The maximum Gasteiger partial charge on any atom is 0.308 e. The van der Waals surface area contributed by atoms with Gasteiger partial charge in [0.05, 0.1) is 6.42 Å². The van der Waals surface area contributed by atoms with Gasteiger partial charge in [-0.15, -0.1) is 0 Å². The Kier molecular flexibility index (Phi) is 5.63. The Morgan fingerprint density at radius 1 is 0.862 bits per heavy atom. The summed E-state index contributed by atoms with van der Waals surface area (Å²) in [4.78, 5) is 46.5. The van der Waals surface area contributed by atoms with Crippen LogP contribution in [-0.2, 0) is 14.4 Å². The number of rotatable bonds is 4. The molecule has 1 heterocycles. The van der Waals surface area contributed by atoms with Gasteiger partial charge >= 0.3 is 17.9 Å². The zero-order valence-corrected chi connectivity index (χ0v) is 16.0. The molecular weight excluding hydrogens is 380 g/mol. The summed E-state index contributed by atoms with van der Waals surface area (Å²) in [7, 11) is 0. The second-order valence-electron chi connectivity index (χ2n) is 6.38. The minimum absolute atomic E-state index is 0.0150. The monoisotopic (exact) mass is 398 g/mol. The number of hydrogen-bond acceptors (Lipinski definition) is 8. The van der Waals surface area contributed by atoms with E-state index in [2.05, 4.69) is 0 Å². The highest BCUT2D eigenvalue weighted by Crippen LogP contribution is 2.42. The summed E-state index contributed by atoms with van der Waals surface area (Å²) in [5.74, 6) is -1.34. The molecule has 0 bridgehead atoms. The van der Waals surface area contributed by atoms with Gasteiger partial charge in [-0.3, -0.25) is 19.2 Å². The standard InChI is InChI=1S/C21H18O8/c1-11(22)26-15-6-4-14(5-7-15)18-10-17(25)21-19(28-13(3)24)8-16(27-12(2)23)9-20(21)29-18/h4-9,18H,10H2,1-3H3/t18-/m0/s1. The lowest BCUT2D eigenvalue weighted by Crippen LogP contribution is -2.22. The first-order valence-corrected chi connectivity index (χ1v) is 8.76. The Bertz CT molecular complexity index is 990. The van der Waals surface area contributed by atoms with Gasteiger partial charge in [0.15, 0.2) is 5.78 Å². The lowest BCUT2D eigenvalue weighted by molar-refractivity contribution is -0.133. The third-order valence-electron chi connectivity index (χ3n) is 3.99. The molecule has 0 spiro atoms. The molecule has 0 aliphatic carbocycles. The maximum atomic E-state index is 12.8. The van der Waals surface area contributed by atoms with Gasteiger partial charge in [0.25, 0.3) is 0 Å². The molecule has 0 amide bonds. The van der Waals surface area contributed by atoms with Crippen LogP contribution in [0, 0.1) is 0 Å². The van der Waals surface area contributed by atoms with Crippen molar-refractivity contribution in [3.05, 3.63) is 47.5 Å². The molecule has 0 saturated heterocycles. The maximum absolute atomic E-state index is 12.8. The zero-order valence-electron chi connectivity index (χ0n) is 16.0. The molecule has 1 aliphatic rings. The zero-order chi connectivity index (χ0) is 21.1. The fraction of sp³-hybridized carbons (Fsp3) is 0.238. The number of Topliss-reactive ketones (excluding diaryl/α,β-unsaturated/α-hetero) is 1. The lowest BCUT2D eigenvalue weighted by Gasteiger charge is -2.27. The van der Waals surface area contributed by atoms with E-state index in [0.29, 0.717) is 11.3 Å². The summed E-state index contributed by atoms with van der Waals surface area (Å²) >= 11 is 0. The van der Waals surface area contributed by atoms with Gasteiger partial charge in [0.2, 0.25) is 0 Å². The van der Waals surface area contributed by atoms with Crippen LogP contribution in [0.1, 0.15) is 49.2 Å². The number of hydrogen-bond donors (Lipinski definition) is 0. The van der Waals surface area contributed by atoms with Gasteiger partial charge < -0.3 is 18.9 Å². The first-order chi connectivity index (χ1) is 13.7. The Labute approximate surface area is 166 Å². The number of fused-ring (bicyclic) bond motifs is 1. The Morgan fingerprint density at radius 2 is 1.45 bits per heavy atom. The van der Waals surface area contributed by atoms with Gasteiger partial charge in [-0.25, -0.2) is 0 Å². The molecule has 1 atom stereocenters. The minimum Gasteiger partial charge on any atom is -0.484 e. The molecule has 2 aromatic rings. The van der Waals surface area contributed by atoms with Crippen molar-refractivity contribution in [1.82, 2.24) is 0 Å². The smallest absolute Gasteiger partial charge is 0.308 e. The average molecular weight is 398 g/mol. The highest BCUT2D eigenvalue weighted by Gasteiger charge is 2.32. The van der Waals surface area contributed by atoms with Crippen LogP contribution >= 0.6 is 0 Å². The SMILES string of the molecule is CC(=O)Oc1ccc([C@@H]2CC(=O)c3c(OC(C)=O)cc(OC(C)=O)cc3O2)cc1. The van der Waals surface area contributed by atoms with Crippen molar-refractivity contribution in [2.24, 2.45) is 0 Å². The van der Waals surface area contributed by atoms with Crippen molar-refractivity contribution in [2.75, 3.05) is 0 Å². The van der Waals surface area contributed by atoms with Crippen LogP contribution in [0.3, 0.4) is 0 Å². The van der Waals surface area contributed by atoms with Gasteiger partial charge in [0, 0.05) is 32.9 Å². The molecule has 150 valence electrons. The fourth-order valence-electron chi connectivity index (χ4n) is 2.96. The number of carbonyl (C=O) groups excluding carboxylic acids is 4. The summed E-state index contributed by atoms with van der Waals surface area (Å²) in [6, 6.07) is 9.27. The fourth-order valence-corrected chi connectivity index (χ4v) is 2.96. The van der Waals surface area contributed by atoms with E-state index in [-0.39, 0.29) is 35.0 Å². The molecular formula is C21H18O8. The molecule has 0 aromatic heterocycles. The Morgan fingerprint density at radius 3 is 2.03 bits per heavy atom. The molecule has 29 heavy (non-hydrogen) atoms. The largest absolute Gasteiger partial charge is 0.484 e. The van der Waals surface area contributed by atoms with Crippen LogP contribution < -0.4 is 18.9 Å². The predicted molar refractivity (Wildman–Crippen MR) is 99.1 cm³/mol. The molecule has 1 aliphatic heterocycles. The summed E-state index contributed by atoms with van der Waals surface area (Å²) in [6.45, 7) is 3.73. The van der Waals surface area contributed by atoms with Gasteiger partial charge in [-0.05, 0) is 17.7 Å². The minimum atomic E-state index is -0.622. The highest BCUT2D eigenvalue weighted by molar-refractivity contribution is 6.03. The molecule has 2 aromatic carbocycles. The van der Waals surface area contributed by atoms with E-state index >= 15 is 0 Å². The first kappa shape index (κ1) is 20.1. The lowest BCUT2D eigenvalue weighted by atomic mass is 9.95. The van der Waals surface area contributed by atoms with E-state index in [1.54, 1.807) is 24.3 Å². The highest BCUT2D eigenvalue weighted by atomic mass is 16.6. The van der Waals surface area contributed by atoms with Crippen LogP contribution in [0.25, 0.3) is 0 Å². The number of carbonyl (C=O) groups is 4. The van der Waals surface area contributed by atoms with E-state index in [9.17, 15) is 19.2 Å². The van der Waals surface area contributed by atoms with E-state index in [4.69, 9.17) is 18.9 Å². The van der Waals surface area contributed by atoms with Crippen LogP contribution in [0.4, 0.5) is 0 Å². The van der Waals surface area contributed by atoms with E-state index in [1.165, 1.54) is 32.9 Å². The van der Waals surface area contributed by atoms with E-state index < -0.39 is 24.0 Å². The van der Waals surface area contributed by atoms with Crippen molar-refractivity contribution >= 4 is 23.7 Å². The number of benzene rings is 2. The quantitative estimate of drug-likeness (QED) is 0.571. The van der Waals surface area contributed by atoms with E-state index in [1.807, 2.05) is 0 Å². The van der Waals surface area contributed by atoms with Gasteiger partial charge in [-0.2, -0.15) is 0 Å². The first-order valence-electron chi connectivity index (χ1n) is 8.76. The molecule has 0 radical (unpaired) electrons. The molecule has 8 nitrogen and oxygen atoms in total. The Hall–Kier alpha value is -3.68. The van der Waals surface area contributed by atoms with Crippen molar-refractivity contribution < 1.29 is 38.1 Å². The third kappa shape index (κ3) is 4.78. The van der Waals surface area contributed by atoms with Crippen LogP contribution in [0.15, 0.2) is 36.4 Å². The second kappa shape index (κ2) is 8.14. The number of esters is 3. The number of ketones is 1. The molecule has 0 saturated carbocycles. The molecule has 0 N–H and O–H groups in total. The normalized spacial score (nSPS) is 15.0. The Balaban J connectivity index is 1.94. The summed E-state index contributed by atoms with van der Waals surface area (Å²) in [6.07, 6.45) is -0.597. The van der Waals surface area contributed by atoms with E-state index in [0.717, 1.165) is 0 Å². The third-order valence-corrected chi connectivity index (χ3v) is 3.99. The molecule has 3 rings (SSSR count). The van der Waals surface area contributed by atoms with Crippen LogP contribution in [0.5, 0.6) is 23.0 Å². The van der Waals surface area contributed by atoms with Crippen LogP contribution in [0.2, 0.25) is 0 Å². The summed E-state index contributed by atoms with van der Waals surface area (Å²) in [5, 5.41) is 0. The summed E-state index contributed by atoms with van der Waals surface area (Å²) < 4.78 is 21.1. The molecule has 0 fully saturated rings. The van der Waals surface area contributed by atoms with Crippen molar-refractivity contribution in [2.45, 2.75) is 33.3 Å². The van der Waals surface area contributed by atoms with Crippen molar-refractivity contribution in [1.29, 1.82) is 0 Å². The average Bonchev–Trinajstić information content (AvgIpc) is 2.60. The van der Waals surface area contributed by atoms with Gasteiger partial charge in [-0.1, -0.05) is 12.1 Å².